The molecule has 6 bridgehead atoms. The molecule has 6 saturated carbocycles. The number of fused-ring (bicyclic) bond motifs is 2. The van der Waals surface area contributed by atoms with E-state index in [4.69, 9.17) is 0 Å². The van der Waals surface area contributed by atoms with Crippen LogP contribution in [0.2, 0.25) is 0 Å². The van der Waals surface area contributed by atoms with E-state index in [9.17, 15) is 4.79 Å². The summed E-state index contributed by atoms with van der Waals surface area (Å²) in [6, 6.07) is 0. The van der Waals surface area contributed by atoms with Crippen LogP contribution in [0.5, 0.6) is 0 Å². The lowest BCUT2D eigenvalue weighted by molar-refractivity contribution is -0.149. The zero-order chi connectivity index (χ0) is 15.7. The zero-order valence-corrected chi connectivity index (χ0v) is 14.8. The number of hydrogen-bond acceptors (Lipinski definition) is 1. The monoisotopic (exact) mass is 315 g/mol. The van der Waals surface area contributed by atoms with Crippen molar-refractivity contribution >= 4 is 5.91 Å². The van der Waals surface area contributed by atoms with Crippen LogP contribution < -0.4 is 5.32 Å². The van der Waals surface area contributed by atoms with E-state index < -0.39 is 0 Å². The maximum absolute atomic E-state index is 13.5. The second-order valence-electron chi connectivity index (χ2n) is 10.4. The van der Waals surface area contributed by atoms with E-state index in [0.717, 1.165) is 29.6 Å². The van der Waals surface area contributed by atoms with Gasteiger partial charge in [-0.15, -0.1) is 0 Å². The highest BCUT2D eigenvalue weighted by molar-refractivity contribution is 5.84. The predicted molar refractivity (Wildman–Crippen MR) is 91.8 cm³/mol. The standard InChI is InChI=1S/C21H33NO/c1-14-5-15-3-2-4-21(9-14,13-15)22-19(23)20-10-16-6-17(11-20)8-18(7-16)12-20/h14-18H,2-13H2,1H3,(H,22,23). The molecule has 128 valence electrons. The fourth-order valence-corrected chi connectivity index (χ4v) is 8.12. The van der Waals surface area contributed by atoms with Crippen molar-refractivity contribution in [2.75, 3.05) is 0 Å². The van der Waals surface area contributed by atoms with E-state index >= 15 is 0 Å². The van der Waals surface area contributed by atoms with Crippen LogP contribution in [-0.2, 0) is 4.79 Å². The smallest absolute Gasteiger partial charge is 0.226 e. The third kappa shape index (κ3) is 2.38. The molecule has 0 aromatic carbocycles. The van der Waals surface area contributed by atoms with Gasteiger partial charge in [0.25, 0.3) is 0 Å². The van der Waals surface area contributed by atoms with E-state index in [2.05, 4.69) is 12.2 Å². The Bertz CT molecular complexity index is 473. The summed E-state index contributed by atoms with van der Waals surface area (Å²) in [5, 5.41) is 3.71. The van der Waals surface area contributed by atoms with Crippen molar-refractivity contribution in [3.63, 3.8) is 0 Å². The molecule has 0 saturated heterocycles. The summed E-state index contributed by atoms with van der Waals surface area (Å²) in [5.41, 5.74) is 0.206. The van der Waals surface area contributed by atoms with Crippen molar-refractivity contribution < 1.29 is 4.79 Å². The molecule has 0 heterocycles. The van der Waals surface area contributed by atoms with Crippen LogP contribution in [0.4, 0.5) is 0 Å². The van der Waals surface area contributed by atoms with Gasteiger partial charge < -0.3 is 5.32 Å². The molecule has 3 atom stereocenters. The summed E-state index contributed by atoms with van der Waals surface area (Å²) >= 11 is 0. The van der Waals surface area contributed by atoms with Gasteiger partial charge in [0.15, 0.2) is 0 Å². The number of carbonyl (C=O) groups is 1. The first-order valence-electron chi connectivity index (χ1n) is 10.4. The highest BCUT2D eigenvalue weighted by Gasteiger charge is 2.56. The Balaban J connectivity index is 1.37. The largest absolute Gasteiger partial charge is 0.350 e. The van der Waals surface area contributed by atoms with Gasteiger partial charge in [-0.2, -0.15) is 0 Å². The minimum absolute atomic E-state index is 0.0388. The summed E-state index contributed by atoms with van der Waals surface area (Å²) < 4.78 is 0. The Morgan fingerprint density at radius 2 is 1.52 bits per heavy atom. The molecule has 2 nitrogen and oxygen atoms in total. The lowest BCUT2D eigenvalue weighted by Crippen LogP contribution is -2.61. The predicted octanol–water partition coefficient (Wildman–Crippen LogP) is 4.68. The third-order valence-corrected chi connectivity index (χ3v) is 8.32. The molecule has 0 radical (unpaired) electrons. The molecule has 0 aromatic rings. The number of amides is 1. The molecule has 1 N–H and O–H groups in total. The van der Waals surface area contributed by atoms with Gasteiger partial charge in [-0.1, -0.05) is 19.8 Å². The van der Waals surface area contributed by atoms with Crippen LogP contribution >= 0.6 is 0 Å². The molecule has 6 aliphatic rings. The van der Waals surface area contributed by atoms with Crippen molar-refractivity contribution in [1.29, 1.82) is 0 Å². The number of hydrogen-bond donors (Lipinski definition) is 1. The van der Waals surface area contributed by atoms with E-state index in [1.807, 2.05) is 0 Å². The molecule has 0 spiro atoms. The first kappa shape index (κ1) is 14.8. The van der Waals surface area contributed by atoms with Gasteiger partial charge in [-0.25, -0.2) is 0 Å². The van der Waals surface area contributed by atoms with Crippen LogP contribution in [0.25, 0.3) is 0 Å². The van der Waals surface area contributed by atoms with Gasteiger partial charge in [-0.3, -0.25) is 4.79 Å². The summed E-state index contributed by atoms with van der Waals surface area (Å²) in [6.45, 7) is 2.41. The zero-order valence-electron chi connectivity index (χ0n) is 14.8. The quantitative estimate of drug-likeness (QED) is 0.787. The number of rotatable bonds is 2. The number of carbonyl (C=O) groups excluding carboxylic acids is 1. The molecular formula is C21H33NO. The Kier molecular flexibility index (Phi) is 3.21. The van der Waals surface area contributed by atoms with Crippen molar-refractivity contribution in [2.24, 2.45) is 35.0 Å². The lowest BCUT2D eigenvalue weighted by atomic mass is 9.49. The Labute approximate surface area is 141 Å². The fourth-order valence-electron chi connectivity index (χ4n) is 8.12. The first-order valence-corrected chi connectivity index (χ1v) is 10.4. The molecule has 23 heavy (non-hydrogen) atoms. The summed E-state index contributed by atoms with van der Waals surface area (Å²) in [5.74, 6) is 4.76. The maximum atomic E-state index is 13.5. The maximum Gasteiger partial charge on any atom is 0.226 e. The molecule has 3 unspecified atom stereocenters. The molecule has 6 aliphatic carbocycles. The molecular weight excluding hydrogens is 282 g/mol. The van der Waals surface area contributed by atoms with Crippen LogP contribution in [0, 0.1) is 35.0 Å². The minimum Gasteiger partial charge on any atom is -0.350 e. The number of nitrogens with one attached hydrogen (secondary N) is 1. The van der Waals surface area contributed by atoms with Crippen molar-refractivity contribution in [1.82, 2.24) is 5.32 Å². The third-order valence-electron chi connectivity index (χ3n) is 8.32. The van der Waals surface area contributed by atoms with Gasteiger partial charge in [0, 0.05) is 11.0 Å². The summed E-state index contributed by atoms with van der Waals surface area (Å²) in [4.78, 5) is 13.5. The topological polar surface area (TPSA) is 29.1 Å². The average molecular weight is 316 g/mol. The van der Waals surface area contributed by atoms with Gasteiger partial charge >= 0.3 is 0 Å². The Morgan fingerprint density at radius 1 is 0.870 bits per heavy atom. The molecule has 6 rings (SSSR count). The van der Waals surface area contributed by atoms with E-state index in [1.165, 1.54) is 77.0 Å². The van der Waals surface area contributed by atoms with Gasteiger partial charge in [0.1, 0.15) is 0 Å². The molecule has 0 aromatic heterocycles. The first-order chi connectivity index (χ1) is 11.0. The SMILES string of the molecule is CC1CC2CCCC(NC(=O)C34CC5CC(CC(C5)C3)C4)(C1)C2. The van der Waals surface area contributed by atoms with E-state index in [1.54, 1.807) is 0 Å². The van der Waals surface area contributed by atoms with E-state index in [-0.39, 0.29) is 11.0 Å². The van der Waals surface area contributed by atoms with Crippen molar-refractivity contribution in [3.8, 4) is 0 Å². The second-order valence-corrected chi connectivity index (χ2v) is 10.4. The van der Waals surface area contributed by atoms with Crippen LogP contribution in [0.15, 0.2) is 0 Å². The Morgan fingerprint density at radius 3 is 2.17 bits per heavy atom. The van der Waals surface area contributed by atoms with Crippen LogP contribution in [-0.4, -0.2) is 11.4 Å². The van der Waals surface area contributed by atoms with Crippen LogP contribution in [0.1, 0.15) is 84.0 Å². The lowest BCUT2D eigenvalue weighted by Gasteiger charge is -2.57. The highest BCUT2D eigenvalue weighted by atomic mass is 16.2. The summed E-state index contributed by atoms with van der Waals surface area (Å²) in [6.07, 6.45) is 15.8. The molecule has 2 heteroatoms. The Hall–Kier alpha value is -0.530. The summed E-state index contributed by atoms with van der Waals surface area (Å²) in [7, 11) is 0. The second kappa shape index (κ2) is 4.99. The average Bonchev–Trinajstić information content (AvgIpc) is 2.44. The van der Waals surface area contributed by atoms with Gasteiger partial charge in [0.05, 0.1) is 0 Å². The normalized spacial score (nSPS) is 54.0. The highest BCUT2D eigenvalue weighted by Crippen LogP contribution is 2.60. The van der Waals surface area contributed by atoms with Gasteiger partial charge in [0.2, 0.25) is 5.91 Å². The molecule has 1 amide bonds. The fraction of sp³-hybridized carbons (Fsp3) is 0.952. The van der Waals surface area contributed by atoms with E-state index in [0.29, 0.717) is 5.91 Å². The van der Waals surface area contributed by atoms with Crippen molar-refractivity contribution in [3.05, 3.63) is 0 Å². The van der Waals surface area contributed by atoms with Crippen molar-refractivity contribution in [2.45, 2.75) is 89.5 Å². The molecule has 6 fully saturated rings. The minimum atomic E-state index is 0.0388. The molecule has 0 aliphatic heterocycles. The van der Waals surface area contributed by atoms with Crippen LogP contribution in [0.3, 0.4) is 0 Å². The van der Waals surface area contributed by atoms with Gasteiger partial charge in [-0.05, 0) is 93.8 Å².